The van der Waals surface area contributed by atoms with E-state index in [0.717, 1.165) is 42.0 Å². The largest absolute Gasteiger partial charge is 0.490 e. The van der Waals surface area contributed by atoms with Crippen LogP contribution in [0, 0.1) is 0 Å². The van der Waals surface area contributed by atoms with Gasteiger partial charge in [-0.2, -0.15) is 18.3 Å². The molecular formula is C23H20F3N5O4. The molecule has 0 saturated carbocycles. The van der Waals surface area contributed by atoms with Gasteiger partial charge in [-0.05, 0) is 48.7 Å². The van der Waals surface area contributed by atoms with Crippen LogP contribution in [-0.2, 0) is 4.79 Å². The van der Waals surface area contributed by atoms with Crippen molar-refractivity contribution in [3.05, 3.63) is 72.8 Å². The molecule has 35 heavy (non-hydrogen) atoms. The van der Waals surface area contributed by atoms with Gasteiger partial charge in [0.15, 0.2) is 11.5 Å². The first kappa shape index (κ1) is 23.9. The molecule has 5 rings (SSSR count). The second-order valence-electron chi connectivity index (χ2n) is 7.83. The highest BCUT2D eigenvalue weighted by Gasteiger charge is 2.38. The normalized spacial score (nSPS) is 16.0. The zero-order valence-corrected chi connectivity index (χ0v) is 18.2. The molecule has 0 aromatic carbocycles. The van der Waals surface area contributed by atoms with Crippen LogP contribution in [0.1, 0.15) is 34.9 Å². The van der Waals surface area contributed by atoms with Gasteiger partial charge in [0, 0.05) is 43.2 Å². The third kappa shape index (κ3) is 5.65. The number of nitrogens with zero attached hydrogens (tertiary/aromatic N) is 5. The van der Waals surface area contributed by atoms with E-state index in [9.17, 15) is 18.0 Å². The monoisotopic (exact) mass is 487 g/mol. The van der Waals surface area contributed by atoms with Crippen molar-refractivity contribution in [2.75, 3.05) is 13.1 Å². The maximum Gasteiger partial charge on any atom is 0.490 e. The first-order valence-corrected chi connectivity index (χ1v) is 10.6. The Morgan fingerprint density at radius 2 is 1.83 bits per heavy atom. The minimum Gasteiger partial charge on any atom is -0.475 e. The molecule has 0 aliphatic carbocycles. The van der Waals surface area contributed by atoms with E-state index < -0.39 is 12.1 Å². The van der Waals surface area contributed by atoms with E-state index in [1.807, 2.05) is 39.9 Å². The van der Waals surface area contributed by atoms with Crippen molar-refractivity contribution in [3.63, 3.8) is 0 Å². The first-order valence-electron chi connectivity index (χ1n) is 10.6. The van der Waals surface area contributed by atoms with Gasteiger partial charge in [0.05, 0.1) is 11.8 Å². The van der Waals surface area contributed by atoms with Gasteiger partial charge in [-0.15, -0.1) is 0 Å². The van der Waals surface area contributed by atoms with Crippen molar-refractivity contribution in [1.29, 1.82) is 0 Å². The van der Waals surface area contributed by atoms with E-state index in [-0.39, 0.29) is 11.8 Å². The van der Waals surface area contributed by atoms with E-state index in [1.165, 1.54) is 12.5 Å². The molecule has 5 heterocycles. The minimum absolute atomic E-state index is 0.00203. The van der Waals surface area contributed by atoms with Crippen LogP contribution in [0.25, 0.3) is 16.8 Å². The van der Waals surface area contributed by atoms with E-state index in [4.69, 9.17) is 24.4 Å². The molecule has 1 aliphatic rings. The Labute approximate surface area is 196 Å². The number of amides is 1. The van der Waals surface area contributed by atoms with Crippen molar-refractivity contribution < 1.29 is 32.3 Å². The smallest absolute Gasteiger partial charge is 0.475 e. The van der Waals surface area contributed by atoms with Crippen molar-refractivity contribution in [2.45, 2.75) is 24.9 Å². The Bertz CT molecular complexity index is 1310. The van der Waals surface area contributed by atoms with Crippen LogP contribution >= 0.6 is 0 Å². The number of carboxylic acid groups (broad SMARTS) is 1. The molecule has 0 radical (unpaired) electrons. The Balaban J connectivity index is 0.000000364. The lowest BCUT2D eigenvalue weighted by atomic mass is 9.97. The summed E-state index contributed by atoms with van der Waals surface area (Å²) in [7, 11) is 0. The van der Waals surface area contributed by atoms with Crippen molar-refractivity contribution in [2.24, 2.45) is 0 Å². The number of pyridine rings is 2. The maximum atomic E-state index is 12.6. The third-order valence-corrected chi connectivity index (χ3v) is 5.45. The number of hydrogen-bond acceptors (Lipinski definition) is 6. The summed E-state index contributed by atoms with van der Waals surface area (Å²) < 4.78 is 38.6. The second-order valence-corrected chi connectivity index (χ2v) is 7.83. The van der Waals surface area contributed by atoms with Gasteiger partial charge in [0.2, 0.25) is 0 Å². The number of alkyl halides is 3. The first-order chi connectivity index (χ1) is 16.7. The highest BCUT2D eigenvalue weighted by molar-refractivity contribution is 5.93. The SMILES string of the molecule is O=C(O)C(F)(F)F.O=C(c1ccoc1)N1CCCC(c2nc3ccc(-c4ccncc4)cn3n2)C1. The number of fused-ring (bicyclic) bond motifs is 1. The quantitative estimate of drug-likeness (QED) is 0.464. The summed E-state index contributed by atoms with van der Waals surface area (Å²) >= 11 is 0. The lowest BCUT2D eigenvalue weighted by Gasteiger charge is -2.31. The Morgan fingerprint density at radius 1 is 1.09 bits per heavy atom. The molecule has 12 heteroatoms. The van der Waals surface area contributed by atoms with Crippen LogP contribution in [0.15, 0.2) is 65.9 Å². The van der Waals surface area contributed by atoms with Crippen LogP contribution in [0.3, 0.4) is 0 Å². The van der Waals surface area contributed by atoms with Crippen LogP contribution in [0.2, 0.25) is 0 Å². The number of hydrogen-bond donors (Lipinski definition) is 1. The number of furan rings is 1. The van der Waals surface area contributed by atoms with Gasteiger partial charge >= 0.3 is 12.1 Å². The molecule has 9 nitrogen and oxygen atoms in total. The number of carboxylic acids is 1. The number of likely N-dealkylation sites (tertiary alicyclic amines) is 1. The van der Waals surface area contributed by atoms with E-state index in [0.29, 0.717) is 12.1 Å². The van der Waals surface area contributed by atoms with E-state index >= 15 is 0 Å². The topological polar surface area (TPSA) is 114 Å². The van der Waals surface area contributed by atoms with Crippen LogP contribution in [-0.4, -0.2) is 60.7 Å². The average Bonchev–Trinajstić information content (AvgIpc) is 3.54. The molecule has 4 aromatic heterocycles. The maximum absolute atomic E-state index is 12.6. The fourth-order valence-electron chi connectivity index (χ4n) is 3.73. The number of halogens is 3. The van der Waals surface area contributed by atoms with Crippen LogP contribution in [0.4, 0.5) is 13.2 Å². The molecule has 0 bridgehead atoms. The fraction of sp³-hybridized carbons (Fsp3) is 0.261. The average molecular weight is 487 g/mol. The minimum atomic E-state index is -5.08. The predicted octanol–water partition coefficient (Wildman–Crippen LogP) is 4.04. The van der Waals surface area contributed by atoms with Gasteiger partial charge in [-0.3, -0.25) is 9.78 Å². The predicted molar refractivity (Wildman–Crippen MR) is 116 cm³/mol. The van der Waals surface area contributed by atoms with E-state index in [1.54, 1.807) is 18.5 Å². The van der Waals surface area contributed by atoms with Gasteiger partial charge in [0.1, 0.15) is 6.26 Å². The summed E-state index contributed by atoms with van der Waals surface area (Å²) in [6, 6.07) is 9.66. The highest BCUT2D eigenvalue weighted by atomic mass is 19.4. The standard InChI is InChI=1S/C21H19N5O2.C2HF3O2/c27-21(18-7-11-28-14-18)25-10-1-2-17(12-25)20-23-19-4-3-16(13-26(19)24-20)15-5-8-22-9-6-15;3-2(4,5)1(6)7/h3-9,11,13-14,17H,1-2,10,12H2;(H,6,7). The summed E-state index contributed by atoms with van der Waals surface area (Å²) in [5.41, 5.74) is 3.55. The highest BCUT2D eigenvalue weighted by Crippen LogP contribution is 2.27. The Hall–Kier alpha value is -4.22. The number of aliphatic carboxylic acids is 1. The summed E-state index contributed by atoms with van der Waals surface area (Å²) in [5.74, 6) is -1.83. The molecular weight excluding hydrogens is 467 g/mol. The van der Waals surface area contributed by atoms with Gasteiger partial charge < -0.3 is 14.4 Å². The molecule has 1 N–H and O–H groups in total. The van der Waals surface area contributed by atoms with Gasteiger partial charge in [-0.25, -0.2) is 14.3 Å². The molecule has 1 saturated heterocycles. The zero-order chi connectivity index (χ0) is 25.0. The molecule has 1 aliphatic heterocycles. The summed E-state index contributed by atoms with van der Waals surface area (Å²) in [6.07, 6.45) is 5.39. The molecule has 182 valence electrons. The number of piperidine rings is 1. The number of carbonyl (C=O) groups is 2. The Morgan fingerprint density at radius 3 is 2.49 bits per heavy atom. The van der Waals surface area contributed by atoms with Gasteiger partial charge in [0.25, 0.3) is 5.91 Å². The Kier molecular flexibility index (Phi) is 6.80. The number of aromatic nitrogens is 4. The van der Waals surface area contributed by atoms with Crippen molar-refractivity contribution >= 4 is 17.5 Å². The molecule has 4 aromatic rings. The fourth-order valence-corrected chi connectivity index (χ4v) is 3.73. The van der Waals surface area contributed by atoms with Crippen molar-refractivity contribution in [1.82, 2.24) is 24.5 Å². The van der Waals surface area contributed by atoms with Crippen LogP contribution in [0.5, 0.6) is 0 Å². The summed E-state index contributed by atoms with van der Waals surface area (Å²) in [4.78, 5) is 32.2. The third-order valence-electron chi connectivity index (χ3n) is 5.45. The summed E-state index contributed by atoms with van der Waals surface area (Å²) in [6.45, 7) is 1.37. The zero-order valence-electron chi connectivity index (χ0n) is 18.2. The summed E-state index contributed by atoms with van der Waals surface area (Å²) in [5, 5.41) is 11.8. The van der Waals surface area contributed by atoms with Crippen LogP contribution < -0.4 is 0 Å². The van der Waals surface area contributed by atoms with E-state index in [2.05, 4.69) is 4.98 Å². The number of carbonyl (C=O) groups excluding carboxylic acids is 1. The molecule has 0 spiro atoms. The second kappa shape index (κ2) is 9.95. The lowest BCUT2D eigenvalue weighted by molar-refractivity contribution is -0.192. The molecule has 1 amide bonds. The van der Waals surface area contributed by atoms with Crippen molar-refractivity contribution in [3.8, 4) is 11.1 Å². The lowest BCUT2D eigenvalue weighted by Crippen LogP contribution is -2.39. The number of rotatable bonds is 3. The molecule has 1 unspecified atom stereocenters. The van der Waals surface area contributed by atoms with Gasteiger partial charge in [-0.1, -0.05) is 0 Å². The molecule has 1 atom stereocenters. The molecule has 1 fully saturated rings.